The number of nitrogens with zero attached hydrogens (tertiary/aromatic N) is 2. The Kier molecular flexibility index (Phi) is 4.29. The number of hydrogen-bond acceptors (Lipinski definition) is 5. The monoisotopic (exact) mass is 261 g/mol. The standard InChI is InChI=1S/C14H19N3O2/c1-3-9-18-10-14(2,15)13-16-12(19-17-13)11-7-5-4-6-8-11/h4-8H,3,9-10,15H2,1-2H3. The maximum atomic E-state index is 6.16. The van der Waals surface area contributed by atoms with Crippen molar-refractivity contribution in [2.45, 2.75) is 25.8 Å². The van der Waals surface area contributed by atoms with E-state index in [9.17, 15) is 0 Å². The minimum absolute atomic E-state index is 0.370. The minimum atomic E-state index is -0.744. The maximum absolute atomic E-state index is 6.16. The lowest BCUT2D eigenvalue weighted by Crippen LogP contribution is -2.39. The molecular weight excluding hydrogens is 242 g/mol. The van der Waals surface area contributed by atoms with Gasteiger partial charge in [-0.15, -0.1) is 0 Å². The minimum Gasteiger partial charge on any atom is -0.379 e. The van der Waals surface area contributed by atoms with E-state index in [1.807, 2.05) is 37.3 Å². The molecule has 1 heterocycles. The van der Waals surface area contributed by atoms with E-state index < -0.39 is 5.54 Å². The highest BCUT2D eigenvalue weighted by atomic mass is 16.5. The van der Waals surface area contributed by atoms with Gasteiger partial charge in [-0.05, 0) is 25.5 Å². The van der Waals surface area contributed by atoms with Crippen LogP contribution >= 0.6 is 0 Å². The second kappa shape index (κ2) is 5.95. The van der Waals surface area contributed by atoms with Gasteiger partial charge < -0.3 is 15.0 Å². The first-order valence-electron chi connectivity index (χ1n) is 6.39. The molecule has 0 aliphatic rings. The van der Waals surface area contributed by atoms with Gasteiger partial charge in [0.1, 0.15) is 5.54 Å². The van der Waals surface area contributed by atoms with Crippen molar-refractivity contribution in [1.29, 1.82) is 0 Å². The van der Waals surface area contributed by atoms with Gasteiger partial charge in [-0.2, -0.15) is 4.98 Å². The molecule has 2 N–H and O–H groups in total. The molecule has 0 aliphatic carbocycles. The van der Waals surface area contributed by atoms with Crippen molar-refractivity contribution in [3.05, 3.63) is 36.2 Å². The Morgan fingerprint density at radius 1 is 1.32 bits per heavy atom. The molecule has 2 rings (SSSR count). The molecule has 102 valence electrons. The number of hydrogen-bond donors (Lipinski definition) is 1. The Morgan fingerprint density at radius 3 is 2.74 bits per heavy atom. The van der Waals surface area contributed by atoms with Crippen LogP contribution in [0, 0.1) is 0 Å². The van der Waals surface area contributed by atoms with E-state index >= 15 is 0 Å². The van der Waals surface area contributed by atoms with Crippen LogP contribution < -0.4 is 5.73 Å². The van der Waals surface area contributed by atoms with Crippen LogP contribution in [0.5, 0.6) is 0 Å². The first-order valence-corrected chi connectivity index (χ1v) is 6.39. The van der Waals surface area contributed by atoms with Gasteiger partial charge in [-0.3, -0.25) is 0 Å². The van der Waals surface area contributed by atoms with E-state index in [0.717, 1.165) is 12.0 Å². The van der Waals surface area contributed by atoms with Crippen molar-refractivity contribution in [3.8, 4) is 11.5 Å². The molecule has 0 aliphatic heterocycles. The summed E-state index contributed by atoms with van der Waals surface area (Å²) in [5.74, 6) is 0.935. The van der Waals surface area contributed by atoms with Crippen molar-refractivity contribution in [1.82, 2.24) is 10.1 Å². The van der Waals surface area contributed by atoms with Crippen molar-refractivity contribution in [3.63, 3.8) is 0 Å². The molecule has 5 heteroatoms. The predicted octanol–water partition coefficient (Wildman–Crippen LogP) is 2.34. The van der Waals surface area contributed by atoms with Crippen molar-refractivity contribution in [2.24, 2.45) is 5.73 Å². The number of aromatic nitrogens is 2. The zero-order valence-corrected chi connectivity index (χ0v) is 11.3. The summed E-state index contributed by atoms with van der Waals surface area (Å²) in [6, 6.07) is 9.61. The molecule has 0 spiro atoms. The molecule has 1 atom stereocenters. The maximum Gasteiger partial charge on any atom is 0.257 e. The van der Waals surface area contributed by atoms with Gasteiger partial charge >= 0.3 is 0 Å². The Hall–Kier alpha value is -1.72. The van der Waals surface area contributed by atoms with Crippen LogP contribution in [0.4, 0.5) is 0 Å². The smallest absolute Gasteiger partial charge is 0.257 e. The van der Waals surface area contributed by atoms with Gasteiger partial charge in [0.15, 0.2) is 5.82 Å². The summed E-state index contributed by atoms with van der Waals surface area (Å²) in [4.78, 5) is 4.35. The van der Waals surface area contributed by atoms with E-state index in [0.29, 0.717) is 24.9 Å². The third kappa shape index (κ3) is 3.39. The molecule has 0 fully saturated rings. The average molecular weight is 261 g/mol. The average Bonchev–Trinajstić information content (AvgIpc) is 2.90. The molecule has 5 nitrogen and oxygen atoms in total. The van der Waals surface area contributed by atoms with Crippen molar-refractivity contribution in [2.75, 3.05) is 13.2 Å². The second-order valence-electron chi connectivity index (χ2n) is 4.76. The van der Waals surface area contributed by atoms with Crippen LogP contribution in [0.1, 0.15) is 26.1 Å². The van der Waals surface area contributed by atoms with Gasteiger partial charge in [-0.25, -0.2) is 0 Å². The van der Waals surface area contributed by atoms with E-state index in [4.69, 9.17) is 15.0 Å². The van der Waals surface area contributed by atoms with Crippen LogP contribution in [0.3, 0.4) is 0 Å². The molecule has 0 amide bonds. The highest BCUT2D eigenvalue weighted by Gasteiger charge is 2.28. The summed E-state index contributed by atoms with van der Waals surface area (Å²) in [6.45, 7) is 4.93. The third-order valence-corrected chi connectivity index (χ3v) is 2.71. The third-order valence-electron chi connectivity index (χ3n) is 2.71. The largest absolute Gasteiger partial charge is 0.379 e. The van der Waals surface area contributed by atoms with Crippen molar-refractivity contribution >= 4 is 0 Å². The highest BCUT2D eigenvalue weighted by Crippen LogP contribution is 2.21. The number of benzene rings is 1. The fourth-order valence-corrected chi connectivity index (χ4v) is 1.65. The normalized spacial score (nSPS) is 14.3. The second-order valence-corrected chi connectivity index (χ2v) is 4.76. The summed E-state index contributed by atoms with van der Waals surface area (Å²) in [5.41, 5.74) is 6.30. The van der Waals surface area contributed by atoms with E-state index in [-0.39, 0.29) is 0 Å². The van der Waals surface area contributed by atoms with E-state index in [1.54, 1.807) is 0 Å². The molecule has 1 unspecified atom stereocenters. The highest BCUT2D eigenvalue weighted by molar-refractivity contribution is 5.52. The SMILES string of the molecule is CCCOCC(C)(N)c1noc(-c2ccccc2)n1. The summed E-state index contributed by atoms with van der Waals surface area (Å²) >= 11 is 0. The molecule has 0 bridgehead atoms. The quantitative estimate of drug-likeness (QED) is 0.808. The van der Waals surface area contributed by atoms with Gasteiger partial charge in [0.25, 0.3) is 5.89 Å². The Morgan fingerprint density at radius 2 is 2.05 bits per heavy atom. The fraction of sp³-hybridized carbons (Fsp3) is 0.429. The molecule has 19 heavy (non-hydrogen) atoms. The Bertz CT molecular complexity index is 508. The van der Waals surface area contributed by atoms with Gasteiger partial charge in [0, 0.05) is 12.2 Å². The van der Waals surface area contributed by atoms with Gasteiger partial charge in [-0.1, -0.05) is 30.3 Å². The summed E-state index contributed by atoms with van der Waals surface area (Å²) < 4.78 is 10.7. The molecular formula is C14H19N3O2. The summed E-state index contributed by atoms with van der Waals surface area (Å²) in [6.07, 6.45) is 0.956. The van der Waals surface area contributed by atoms with Crippen LogP contribution in [0.15, 0.2) is 34.9 Å². The van der Waals surface area contributed by atoms with Gasteiger partial charge in [0.2, 0.25) is 0 Å². The lowest BCUT2D eigenvalue weighted by atomic mass is 10.1. The summed E-state index contributed by atoms with van der Waals surface area (Å²) in [5, 5.41) is 3.95. The zero-order valence-electron chi connectivity index (χ0n) is 11.3. The van der Waals surface area contributed by atoms with Gasteiger partial charge in [0.05, 0.1) is 6.61 Å². The molecule has 0 radical (unpaired) electrons. The number of rotatable bonds is 6. The topological polar surface area (TPSA) is 74.2 Å². The van der Waals surface area contributed by atoms with E-state index in [2.05, 4.69) is 17.1 Å². The lowest BCUT2D eigenvalue weighted by Gasteiger charge is -2.19. The molecule has 1 aromatic heterocycles. The number of ether oxygens (including phenoxy) is 1. The molecule has 1 aromatic carbocycles. The molecule has 0 saturated carbocycles. The summed E-state index contributed by atoms with van der Waals surface area (Å²) in [7, 11) is 0. The van der Waals surface area contributed by atoms with Crippen molar-refractivity contribution < 1.29 is 9.26 Å². The van der Waals surface area contributed by atoms with Crippen LogP contribution in [0.2, 0.25) is 0 Å². The van der Waals surface area contributed by atoms with Crippen LogP contribution in [0.25, 0.3) is 11.5 Å². The first kappa shape index (κ1) is 13.7. The zero-order chi connectivity index (χ0) is 13.7. The Balaban J connectivity index is 2.12. The lowest BCUT2D eigenvalue weighted by molar-refractivity contribution is 0.0867. The predicted molar refractivity (Wildman–Crippen MR) is 72.4 cm³/mol. The number of nitrogens with two attached hydrogens (primary N) is 1. The van der Waals surface area contributed by atoms with Crippen LogP contribution in [-0.2, 0) is 10.3 Å². The Labute approximate surface area is 112 Å². The van der Waals surface area contributed by atoms with Crippen LogP contribution in [-0.4, -0.2) is 23.4 Å². The van der Waals surface area contributed by atoms with E-state index in [1.165, 1.54) is 0 Å². The first-order chi connectivity index (χ1) is 9.13. The molecule has 2 aromatic rings. The molecule has 0 saturated heterocycles. The fourth-order valence-electron chi connectivity index (χ4n) is 1.65.